The number of ketones is 2. The summed E-state index contributed by atoms with van der Waals surface area (Å²) in [7, 11) is -3.18. The SMILES string of the molecule is O=C1c2ccccc2C(=O)c2c1cccc2N1C(=S)N[C@@H]2CS(=O)(=O)C[C@H]21. The fourth-order valence-electron chi connectivity index (χ4n) is 4.22. The third-order valence-electron chi connectivity index (χ3n) is 5.37. The first-order valence-electron chi connectivity index (χ1n) is 8.49. The summed E-state index contributed by atoms with van der Waals surface area (Å²) in [6, 6.07) is 11.1. The van der Waals surface area contributed by atoms with Crippen LogP contribution in [0.15, 0.2) is 42.5 Å². The van der Waals surface area contributed by atoms with Crippen LogP contribution in [-0.2, 0) is 9.84 Å². The average molecular weight is 398 g/mol. The normalized spacial score (nSPS) is 25.0. The van der Waals surface area contributed by atoms with E-state index in [-0.39, 0.29) is 40.7 Å². The first-order valence-corrected chi connectivity index (χ1v) is 10.7. The van der Waals surface area contributed by atoms with Gasteiger partial charge < -0.3 is 10.2 Å². The zero-order chi connectivity index (χ0) is 18.9. The number of carbonyl (C=O) groups excluding carboxylic acids is 2. The predicted molar refractivity (Wildman–Crippen MR) is 104 cm³/mol. The summed E-state index contributed by atoms with van der Waals surface area (Å²) < 4.78 is 24.1. The average Bonchev–Trinajstić information content (AvgIpc) is 3.08. The van der Waals surface area contributed by atoms with Crippen molar-refractivity contribution in [1.82, 2.24) is 5.32 Å². The Balaban J connectivity index is 1.69. The maximum Gasteiger partial charge on any atom is 0.196 e. The highest BCUT2D eigenvalue weighted by atomic mass is 32.2. The number of carbonyl (C=O) groups is 2. The minimum Gasteiger partial charge on any atom is -0.356 e. The molecule has 1 N–H and O–H groups in total. The van der Waals surface area contributed by atoms with Crippen LogP contribution >= 0.6 is 12.2 Å². The van der Waals surface area contributed by atoms with Gasteiger partial charge in [-0.2, -0.15) is 0 Å². The molecule has 0 radical (unpaired) electrons. The summed E-state index contributed by atoms with van der Waals surface area (Å²) in [6.45, 7) is 0. The van der Waals surface area contributed by atoms with Gasteiger partial charge in [0, 0.05) is 16.7 Å². The number of fused-ring (bicyclic) bond motifs is 3. The first-order chi connectivity index (χ1) is 12.9. The summed E-state index contributed by atoms with van der Waals surface area (Å²) in [5, 5.41) is 3.44. The van der Waals surface area contributed by atoms with Crippen LogP contribution in [0.2, 0.25) is 0 Å². The smallest absolute Gasteiger partial charge is 0.196 e. The molecule has 0 bridgehead atoms. The molecular weight excluding hydrogens is 384 g/mol. The van der Waals surface area contributed by atoms with Crippen molar-refractivity contribution in [3.8, 4) is 0 Å². The monoisotopic (exact) mass is 398 g/mol. The van der Waals surface area contributed by atoms with Gasteiger partial charge in [-0.1, -0.05) is 36.4 Å². The number of nitrogens with zero attached hydrogens (tertiary/aromatic N) is 1. The second-order valence-corrected chi connectivity index (χ2v) is 9.51. The van der Waals surface area contributed by atoms with Gasteiger partial charge in [0.2, 0.25) is 0 Å². The lowest BCUT2D eigenvalue weighted by Gasteiger charge is -2.28. The van der Waals surface area contributed by atoms with Gasteiger partial charge in [-0.15, -0.1) is 0 Å². The molecule has 0 saturated carbocycles. The van der Waals surface area contributed by atoms with Gasteiger partial charge >= 0.3 is 0 Å². The Kier molecular flexibility index (Phi) is 3.36. The van der Waals surface area contributed by atoms with E-state index in [0.717, 1.165) is 0 Å². The van der Waals surface area contributed by atoms with Crippen LogP contribution in [0.3, 0.4) is 0 Å². The van der Waals surface area contributed by atoms with Gasteiger partial charge in [-0.3, -0.25) is 9.59 Å². The first kappa shape index (κ1) is 16.6. The lowest BCUT2D eigenvalue weighted by atomic mass is 9.83. The predicted octanol–water partition coefficient (Wildman–Crippen LogP) is 1.32. The zero-order valence-corrected chi connectivity index (χ0v) is 15.6. The maximum absolute atomic E-state index is 13.2. The molecule has 2 saturated heterocycles. The Bertz CT molecular complexity index is 1160. The minimum atomic E-state index is -3.18. The third kappa shape index (κ3) is 2.30. The summed E-state index contributed by atoms with van der Waals surface area (Å²) in [5.74, 6) is -0.481. The molecule has 0 amide bonds. The fraction of sp³-hybridized carbons (Fsp3) is 0.211. The van der Waals surface area contributed by atoms with E-state index in [0.29, 0.717) is 27.5 Å². The van der Waals surface area contributed by atoms with Crippen LogP contribution in [-0.4, -0.2) is 48.7 Å². The number of nitrogens with one attached hydrogen (secondary N) is 1. The molecule has 3 aliphatic rings. The number of benzene rings is 2. The van der Waals surface area contributed by atoms with E-state index >= 15 is 0 Å². The molecule has 27 heavy (non-hydrogen) atoms. The van der Waals surface area contributed by atoms with Crippen molar-refractivity contribution in [2.45, 2.75) is 12.1 Å². The molecule has 6 nitrogen and oxygen atoms in total. The molecule has 2 aromatic carbocycles. The van der Waals surface area contributed by atoms with Gasteiger partial charge in [0.15, 0.2) is 26.5 Å². The Morgan fingerprint density at radius 3 is 2.33 bits per heavy atom. The van der Waals surface area contributed by atoms with Crippen molar-refractivity contribution < 1.29 is 18.0 Å². The number of thiocarbonyl (C=S) groups is 1. The fourth-order valence-corrected chi connectivity index (χ4v) is 6.49. The quantitative estimate of drug-likeness (QED) is 0.619. The van der Waals surface area contributed by atoms with E-state index in [1.807, 2.05) is 0 Å². The summed E-state index contributed by atoms with van der Waals surface area (Å²) in [6.07, 6.45) is 0. The molecule has 0 unspecified atom stereocenters. The van der Waals surface area contributed by atoms with Crippen molar-refractivity contribution in [3.63, 3.8) is 0 Å². The summed E-state index contributed by atoms with van der Waals surface area (Å²) in [5.41, 5.74) is 1.84. The molecular formula is C19H14N2O4S2. The van der Waals surface area contributed by atoms with Crippen LogP contribution in [0.4, 0.5) is 5.69 Å². The van der Waals surface area contributed by atoms with E-state index in [1.54, 1.807) is 47.4 Å². The van der Waals surface area contributed by atoms with Crippen molar-refractivity contribution in [1.29, 1.82) is 0 Å². The Morgan fingerprint density at radius 2 is 1.59 bits per heavy atom. The molecule has 1 aliphatic carbocycles. The van der Waals surface area contributed by atoms with Crippen LogP contribution < -0.4 is 10.2 Å². The van der Waals surface area contributed by atoms with Crippen molar-refractivity contribution in [2.24, 2.45) is 0 Å². The van der Waals surface area contributed by atoms with Gasteiger partial charge in [-0.25, -0.2) is 8.42 Å². The Labute approximate surface area is 161 Å². The highest BCUT2D eigenvalue weighted by molar-refractivity contribution is 7.91. The second kappa shape index (κ2) is 5.46. The molecule has 136 valence electrons. The molecule has 0 aromatic heterocycles. The van der Waals surface area contributed by atoms with Gasteiger partial charge in [0.25, 0.3) is 0 Å². The second-order valence-electron chi connectivity index (χ2n) is 6.97. The molecule has 2 fully saturated rings. The number of anilines is 1. The molecule has 5 rings (SSSR count). The van der Waals surface area contributed by atoms with E-state index in [2.05, 4.69) is 5.32 Å². The lowest BCUT2D eigenvalue weighted by Crippen LogP contribution is -2.38. The largest absolute Gasteiger partial charge is 0.356 e. The Morgan fingerprint density at radius 1 is 0.926 bits per heavy atom. The molecule has 8 heteroatoms. The molecule has 0 spiro atoms. The minimum absolute atomic E-state index is 0.0129. The van der Waals surface area contributed by atoms with E-state index in [4.69, 9.17) is 12.2 Å². The third-order valence-corrected chi connectivity index (χ3v) is 7.40. The summed E-state index contributed by atoms with van der Waals surface area (Å²) >= 11 is 5.43. The number of hydrogen-bond donors (Lipinski definition) is 1. The van der Waals surface area contributed by atoms with E-state index < -0.39 is 9.84 Å². The number of sulfone groups is 1. The molecule has 2 aromatic rings. The van der Waals surface area contributed by atoms with E-state index in [1.165, 1.54) is 0 Å². The van der Waals surface area contributed by atoms with Crippen molar-refractivity contribution >= 4 is 44.4 Å². The van der Waals surface area contributed by atoms with Crippen LogP contribution in [0.1, 0.15) is 31.8 Å². The van der Waals surface area contributed by atoms with Crippen molar-refractivity contribution in [2.75, 3.05) is 16.4 Å². The highest BCUT2D eigenvalue weighted by Crippen LogP contribution is 2.37. The summed E-state index contributed by atoms with van der Waals surface area (Å²) in [4.78, 5) is 27.8. The van der Waals surface area contributed by atoms with Gasteiger partial charge in [-0.05, 0) is 18.3 Å². The maximum atomic E-state index is 13.2. The highest BCUT2D eigenvalue weighted by Gasteiger charge is 2.49. The topological polar surface area (TPSA) is 83.6 Å². The van der Waals surface area contributed by atoms with E-state index in [9.17, 15) is 18.0 Å². The number of rotatable bonds is 1. The van der Waals surface area contributed by atoms with Crippen LogP contribution in [0.5, 0.6) is 0 Å². The molecule has 2 aliphatic heterocycles. The van der Waals surface area contributed by atoms with Gasteiger partial charge in [0.1, 0.15) is 0 Å². The van der Waals surface area contributed by atoms with Crippen molar-refractivity contribution in [3.05, 3.63) is 64.7 Å². The lowest BCUT2D eigenvalue weighted by molar-refractivity contribution is 0.0979. The zero-order valence-electron chi connectivity index (χ0n) is 14.0. The molecule has 2 atom stereocenters. The Hall–Kier alpha value is -2.58. The molecule has 2 heterocycles. The van der Waals surface area contributed by atoms with Gasteiger partial charge in [0.05, 0.1) is 34.8 Å². The van der Waals surface area contributed by atoms with Crippen LogP contribution in [0.25, 0.3) is 0 Å². The number of hydrogen-bond acceptors (Lipinski definition) is 5. The standard InChI is InChI=1S/C19H14N2O4S2/c22-17-10-4-1-2-5-11(10)18(23)16-12(17)6-3-7-14(16)21-15-9-27(24,25)8-13(15)20-19(21)26/h1-7,13,15H,8-9H2,(H,20,26)/t13-,15-/m1/s1. The van der Waals surface area contributed by atoms with Crippen LogP contribution in [0, 0.1) is 0 Å².